The second-order valence-corrected chi connectivity index (χ2v) is 8.56. The van der Waals surface area contributed by atoms with Crippen molar-refractivity contribution < 1.29 is 18.7 Å². The molecule has 2 aliphatic heterocycles. The molecular formula is C23H28N2O4. The minimum atomic E-state index is -0.426. The van der Waals surface area contributed by atoms with Gasteiger partial charge in [-0.15, -0.1) is 0 Å². The van der Waals surface area contributed by atoms with Crippen molar-refractivity contribution in [3.05, 3.63) is 47.7 Å². The van der Waals surface area contributed by atoms with Crippen LogP contribution in [0, 0.1) is 12.3 Å². The first kappa shape index (κ1) is 19.7. The van der Waals surface area contributed by atoms with E-state index in [-0.39, 0.29) is 18.0 Å². The highest BCUT2D eigenvalue weighted by Gasteiger charge is 2.50. The molecule has 2 aromatic rings. The van der Waals surface area contributed by atoms with Crippen molar-refractivity contribution in [1.82, 2.24) is 9.80 Å². The zero-order chi connectivity index (χ0) is 20.6. The van der Waals surface area contributed by atoms with Gasteiger partial charge in [0.05, 0.1) is 5.41 Å². The van der Waals surface area contributed by atoms with E-state index in [1.165, 1.54) is 0 Å². The van der Waals surface area contributed by atoms with Crippen molar-refractivity contribution in [2.24, 2.45) is 5.41 Å². The third-order valence-electron chi connectivity index (χ3n) is 6.04. The molecule has 0 N–H and O–H groups in total. The lowest BCUT2D eigenvalue weighted by Gasteiger charge is -2.36. The molecule has 2 saturated heterocycles. The Bertz CT molecular complexity index is 909. The van der Waals surface area contributed by atoms with Gasteiger partial charge >= 0.3 is 5.97 Å². The number of nitrogens with zero attached hydrogens (tertiary/aromatic N) is 2. The van der Waals surface area contributed by atoms with Crippen molar-refractivity contribution in [3.8, 4) is 11.3 Å². The number of furan rings is 1. The number of likely N-dealkylation sites (tertiary alicyclic amines) is 1. The van der Waals surface area contributed by atoms with Crippen LogP contribution in [0.3, 0.4) is 0 Å². The Morgan fingerprint density at radius 3 is 2.62 bits per heavy atom. The monoisotopic (exact) mass is 396 g/mol. The largest absolute Gasteiger partial charge is 0.461 e. The normalized spacial score (nSPS) is 21.0. The summed E-state index contributed by atoms with van der Waals surface area (Å²) in [5, 5.41) is 0. The predicted octanol–water partition coefficient (Wildman–Crippen LogP) is 3.35. The number of ether oxygens (including phenoxy) is 1. The van der Waals surface area contributed by atoms with Gasteiger partial charge in [0.25, 0.3) is 5.91 Å². The highest BCUT2D eigenvalue weighted by Crippen LogP contribution is 2.43. The summed E-state index contributed by atoms with van der Waals surface area (Å²) in [5.74, 6) is 1.51. The first-order chi connectivity index (χ1) is 13.9. The maximum Gasteiger partial charge on any atom is 0.312 e. The van der Waals surface area contributed by atoms with Crippen LogP contribution in [0.2, 0.25) is 0 Å². The smallest absolute Gasteiger partial charge is 0.312 e. The van der Waals surface area contributed by atoms with Gasteiger partial charge in [-0.3, -0.25) is 9.59 Å². The van der Waals surface area contributed by atoms with Gasteiger partial charge in [0.2, 0.25) is 0 Å². The highest BCUT2D eigenvalue weighted by atomic mass is 16.6. The predicted molar refractivity (Wildman–Crippen MR) is 110 cm³/mol. The molecule has 6 heteroatoms. The minimum absolute atomic E-state index is 0.00110. The van der Waals surface area contributed by atoms with Crippen LogP contribution in [-0.4, -0.2) is 61.5 Å². The molecule has 0 saturated carbocycles. The summed E-state index contributed by atoms with van der Waals surface area (Å²) < 4.78 is 11.3. The summed E-state index contributed by atoms with van der Waals surface area (Å²) in [4.78, 5) is 29.5. The van der Waals surface area contributed by atoms with Gasteiger partial charge in [0.15, 0.2) is 0 Å². The van der Waals surface area contributed by atoms with Gasteiger partial charge < -0.3 is 19.0 Å². The van der Waals surface area contributed by atoms with E-state index in [9.17, 15) is 9.59 Å². The SMILES string of the molecule is Cc1ccc(-c2cccc(C(=O)N3CCC4(CC3)CC(CN(C)C)OC4=O)c2)o1. The summed E-state index contributed by atoms with van der Waals surface area (Å²) in [6, 6.07) is 11.4. The van der Waals surface area contributed by atoms with E-state index < -0.39 is 5.41 Å². The average molecular weight is 396 g/mol. The van der Waals surface area contributed by atoms with Crippen molar-refractivity contribution in [1.29, 1.82) is 0 Å². The fraction of sp³-hybridized carbons (Fsp3) is 0.478. The Kier molecular flexibility index (Phi) is 5.21. The van der Waals surface area contributed by atoms with Crippen molar-refractivity contribution in [3.63, 3.8) is 0 Å². The molecule has 0 bridgehead atoms. The number of rotatable bonds is 4. The molecule has 2 fully saturated rings. The molecule has 6 nitrogen and oxygen atoms in total. The molecule has 1 aromatic carbocycles. The maximum absolute atomic E-state index is 13.1. The standard InChI is InChI=1S/C23H28N2O4/c1-16-7-8-20(28-16)17-5-4-6-18(13-17)21(26)25-11-9-23(10-12-25)14-19(15-24(2)3)29-22(23)27/h4-8,13,19H,9-12,14-15H2,1-3H3. The third kappa shape index (κ3) is 3.94. The van der Waals surface area contributed by atoms with Crippen LogP contribution in [-0.2, 0) is 9.53 Å². The summed E-state index contributed by atoms with van der Waals surface area (Å²) >= 11 is 0. The fourth-order valence-electron chi connectivity index (χ4n) is 4.47. The van der Waals surface area contributed by atoms with E-state index in [0.29, 0.717) is 31.5 Å². The van der Waals surface area contributed by atoms with E-state index in [4.69, 9.17) is 9.15 Å². The fourth-order valence-corrected chi connectivity index (χ4v) is 4.47. The molecule has 1 amide bonds. The molecule has 4 rings (SSSR count). The molecule has 1 spiro atoms. The summed E-state index contributed by atoms with van der Waals surface area (Å²) in [7, 11) is 3.97. The molecule has 29 heavy (non-hydrogen) atoms. The number of likely N-dealkylation sites (N-methyl/N-ethyl adjacent to an activating group) is 1. The van der Waals surface area contributed by atoms with Crippen LogP contribution in [0.25, 0.3) is 11.3 Å². The first-order valence-electron chi connectivity index (χ1n) is 10.2. The van der Waals surface area contributed by atoms with Gasteiger partial charge in [-0.05, 0) is 58.1 Å². The number of carbonyl (C=O) groups is 2. The summed E-state index contributed by atoms with van der Waals surface area (Å²) in [6.45, 7) is 3.80. The quantitative estimate of drug-likeness (QED) is 0.742. The lowest BCUT2D eigenvalue weighted by Crippen LogP contribution is -2.45. The van der Waals surface area contributed by atoms with E-state index in [0.717, 1.165) is 30.0 Å². The topological polar surface area (TPSA) is 63.0 Å². The Hall–Kier alpha value is -2.60. The highest BCUT2D eigenvalue weighted by molar-refractivity contribution is 5.95. The summed E-state index contributed by atoms with van der Waals surface area (Å²) in [6.07, 6.45) is 2.03. The number of benzene rings is 1. The van der Waals surface area contributed by atoms with E-state index in [1.807, 2.05) is 67.2 Å². The number of hydrogen-bond donors (Lipinski definition) is 0. The molecular weight excluding hydrogens is 368 g/mol. The minimum Gasteiger partial charge on any atom is -0.461 e. The molecule has 154 valence electrons. The number of aryl methyl sites for hydroxylation is 1. The third-order valence-corrected chi connectivity index (χ3v) is 6.04. The van der Waals surface area contributed by atoms with Gasteiger partial charge in [-0.25, -0.2) is 0 Å². The molecule has 1 aromatic heterocycles. The number of esters is 1. The van der Waals surface area contributed by atoms with Crippen LogP contribution in [0.1, 0.15) is 35.4 Å². The molecule has 3 heterocycles. The molecule has 0 aliphatic carbocycles. The number of piperidine rings is 1. The number of amides is 1. The first-order valence-corrected chi connectivity index (χ1v) is 10.2. The molecule has 1 unspecified atom stereocenters. The van der Waals surface area contributed by atoms with E-state index >= 15 is 0 Å². The Labute approximate surface area is 171 Å². The molecule has 1 atom stereocenters. The number of hydrogen-bond acceptors (Lipinski definition) is 5. The van der Waals surface area contributed by atoms with Crippen LogP contribution in [0.5, 0.6) is 0 Å². The van der Waals surface area contributed by atoms with Crippen molar-refractivity contribution in [2.45, 2.75) is 32.3 Å². The zero-order valence-electron chi connectivity index (χ0n) is 17.3. The summed E-state index contributed by atoms with van der Waals surface area (Å²) in [5.41, 5.74) is 1.11. The molecule has 0 radical (unpaired) electrons. The zero-order valence-corrected chi connectivity index (χ0v) is 17.3. The van der Waals surface area contributed by atoms with E-state index in [1.54, 1.807) is 0 Å². The van der Waals surface area contributed by atoms with Crippen molar-refractivity contribution >= 4 is 11.9 Å². The Morgan fingerprint density at radius 2 is 1.97 bits per heavy atom. The lowest BCUT2D eigenvalue weighted by molar-refractivity contribution is -0.150. The Balaban J connectivity index is 1.43. The van der Waals surface area contributed by atoms with Crippen LogP contribution in [0.4, 0.5) is 0 Å². The van der Waals surface area contributed by atoms with Crippen LogP contribution >= 0.6 is 0 Å². The van der Waals surface area contributed by atoms with Gasteiger partial charge in [0, 0.05) is 37.2 Å². The number of cyclic esters (lactones) is 1. The van der Waals surface area contributed by atoms with Crippen molar-refractivity contribution in [2.75, 3.05) is 33.7 Å². The van der Waals surface area contributed by atoms with Gasteiger partial charge in [-0.2, -0.15) is 0 Å². The van der Waals surface area contributed by atoms with Crippen LogP contribution < -0.4 is 0 Å². The Morgan fingerprint density at radius 1 is 1.21 bits per heavy atom. The van der Waals surface area contributed by atoms with E-state index in [2.05, 4.69) is 0 Å². The van der Waals surface area contributed by atoms with Crippen LogP contribution in [0.15, 0.2) is 40.8 Å². The number of carbonyl (C=O) groups excluding carboxylic acids is 2. The average Bonchev–Trinajstić information content (AvgIpc) is 3.25. The second kappa shape index (κ2) is 7.67. The molecule has 2 aliphatic rings. The maximum atomic E-state index is 13.1. The lowest BCUT2D eigenvalue weighted by atomic mass is 9.76. The van der Waals surface area contributed by atoms with Gasteiger partial charge in [-0.1, -0.05) is 12.1 Å². The second-order valence-electron chi connectivity index (χ2n) is 8.56. The van der Waals surface area contributed by atoms with Gasteiger partial charge in [0.1, 0.15) is 17.6 Å².